The number of rotatable bonds is 8. The molecule has 18 heavy (non-hydrogen) atoms. The molecule has 1 atom stereocenters. The predicted molar refractivity (Wildman–Crippen MR) is 72.1 cm³/mol. The summed E-state index contributed by atoms with van der Waals surface area (Å²) in [5.41, 5.74) is 1.16. The van der Waals surface area contributed by atoms with Crippen LogP contribution in [0.5, 0.6) is 11.5 Å². The Morgan fingerprint density at radius 2 is 1.94 bits per heavy atom. The molecule has 4 heteroatoms. The summed E-state index contributed by atoms with van der Waals surface area (Å²) in [4.78, 5) is 0. The van der Waals surface area contributed by atoms with Crippen molar-refractivity contribution in [2.45, 2.75) is 19.9 Å². The van der Waals surface area contributed by atoms with Gasteiger partial charge in [0.25, 0.3) is 0 Å². The van der Waals surface area contributed by atoms with Gasteiger partial charge >= 0.3 is 0 Å². The zero-order valence-electron chi connectivity index (χ0n) is 11.4. The molecular formula is C14H23NO3. The maximum atomic E-state index is 8.82. The highest BCUT2D eigenvalue weighted by atomic mass is 16.5. The van der Waals surface area contributed by atoms with Gasteiger partial charge in [-0.15, -0.1) is 0 Å². The van der Waals surface area contributed by atoms with Crippen molar-refractivity contribution in [2.75, 3.05) is 27.4 Å². The Labute approximate surface area is 109 Å². The van der Waals surface area contributed by atoms with Gasteiger partial charge in [0.15, 0.2) is 11.5 Å². The molecule has 0 heterocycles. The number of aliphatic hydroxyl groups is 1. The average Bonchev–Trinajstić information content (AvgIpc) is 2.38. The Bertz CT molecular complexity index is 355. The molecule has 0 aliphatic carbocycles. The number of methoxy groups -OCH3 is 2. The molecule has 0 amide bonds. The van der Waals surface area contributed by atoms with E-state index >= 15 is 0 Å². The Kier molecular flexibility index (Phi) is 6.54. The zero-order chi connectivity index (χ0) is 13.4. The molecule has 1 rings (SSSR count). The molecule has 0 radical (unpaired) electrons. The van der Waals surface area contributed by atoms with E-state index in [9.17, 15) is 0 Å². The van der Waals surface area contributed by atoms with Gasteiger partial charge in [0.05, 0.1) is 14.2 Å². The summed E-state index contributed by atoms with van der Waals surface area (Å²) in [7, 11) is 3.27. The minimum absolute atomic E-state index is 0.249. The summed E-state index contributed by atoms with van der Waals surface area (Å²) in [6.07, 6.45) is 0.832. The van der Waals surface area contributed by atoms with E-state index in [1.807, 2.05) is 18.2 Å². The third-order valence-corrected chi connectivity index (χ3v) is 2.89. The highest BCUT2D eigenvalue weighted by Gasteiger charge is 2.05. The molecule has 1 aromatic rings. The van der Waals surface area contributed by atoms with Crippen LogP contribution in [0.3, 0.4) is 0 Å². The second kappa shape index (κ2) is 7.95. The average molecular weight is 253 g/mol. The van der Waals surface area contributed by atoms with Crippen molar-refractivity contribution in [3.8, 4) is 11.5 Å². The van der Waals surface area contributed by atoms with Gasteiger partial charge < -0.3 is 19.9 Å². The van der Waals surface area contributed by atoms with E-state index in [1.54, 1.807) is 14.2 Å². The lowest BCUT2D eigenvalue weighted by atomic mass is 10.1. The Morgan fingerprint density at radius 1 is 1.22 bits per heavy atom. The number of aliphatic hydroxyl groups excluding tert-OH is 1. The molecule has 4 nitrogen and oxygen atoms in total. The van der Waals surface area contributed by atoms with Crippen molar-refractivity contribution >= 4 is 0 Å². The highest BCUT2D eigenvalue weighted by molar-refractivity contribution is 5.42. The van der Waals surface area contributed by atoms with Crippen LogP contribution in [-0.2, 0) is 6.54 Å². The molecular weight excluding hydrogens is 230 g/mol. The minimum Gasteiger partial charge on any atom is -0.493 e. The van der Waals surface area contributed by atoms with Crippen LogP contribution in [0.25, 0.3) is 0 Å². The molecule has 0 saturated heterocycles. The lowest BCUT2D eigenvalue weighted by molar-refractivity contribution is 0.260. The number of ether oxygens (including phenoxy) is 2. The van der Waals surface area contributed by atoms with E-state index in [-0.39, 0.29) is 6.61 Å². The molecule has 2 N–H and O–H groups in total. The number of benzene rings is 1. The van der Waals surface area contributed by atoms with Gasteiger partial charge in [-0.25, -0.2) is 0 Å². The van der Waals surface area contributed by atoms with Gasteiger partial charge in [0.1, 0.15) is 0 Å². The van der Waals surface area contributed by atoms with Gasteiger partial charge in [0.2, 0.25) is 0 Å². The molecule has 0 aliphatic heterocycles. The van der Waals surface area contributed by atoms with Gasteiger partial charge in [-0.05, 0) is 36.6 Å². The van der Waals surface area contributed by atoms with Crippen LogP contribution in [0.15, 0.2) is 18.2 Å². The monoisotopic (exact) mass is 253 g/mol. The molecule has 0 aliphatic rings. The second-order valence-corrected chi connectivity index (χ2v) is 4.44. The molecule has 0 aromatic heterocycles. The number of hydrogen-bond acceptors (Lipinski definition) is 4. The standard InChI is InChI=1S/C14H23NO3/c1-11(6-7-16)9-15-10-12-4-5-13(17-2)14(8-12)18-3/h4-5,8,11,15-16H,6-7,9-10H2,1-3H3. The summed E-state index contributed by atoms with van der Waals surface area (Å²) in [6, 6.07) is 5.90. The van der Waals surface area contributed by atoms with Gasteiger partial charge in [-0.3, -0.25) is 0 Å². The van der Waals surface area contributed by atoms with Crippen molar-refractivity contribution in [3.05, 3.63) is 23.8 Å². The fourth-order valence-corrected chi connectivity index (χ4v) is 1.78. The third kappa shape index (κ3) is 4.55. The molecule has 0 spiro atoms. The Hall–Kier alpha value is -1.26. The minimum atomic E-state index is 0.249. The first kappa shape index (κ1) is 14.8. The van der Waals surface area contributed by atoms with Crippen molar-refractivity contribution in [3.63, 3.8) is 0 Å². The van der Waals surface area contributed by atoms with Crippen molar-refractivity contribution < 1.29 is 14.6 Å². The molecule has 1 aromatic carbocycles. The summed E-state index contributed by atoms with van der Waals surface area (Å²) in [5.74, 6) is 1.98. The van der Waals surface area contributed by atoms with E-state index < -0.39 is 0 Å². The summed E-state index contributed by atoms with van der Waals surface area (Å²) >= 11 is 0. The van der Waals surface area contributed by atoms with E-state index in [1.165, 1.54) is 0 Å². The van der Waals surface area contributed by atoms with Crippen LogP contribution in [0.2, 0.25) is 0 Å². The second-order valence-electron chi connectivity index (χ2n) is 4.44. The summed E-state index contributed by atoms with van der Waals surface area (Å²) < 4.78 is 10.4. The molecule has 0 saturated carbocycles. The van der Waals surface area contributed by atoms with Crippen molar-refractivity contribution in [1.82, 2.24) is 5.32 Å². The normalized spacial score (nSPS) is 12.2. The smallest absolute Gasteiger partial charge is 0.161 e. The van der Waals surface area contributed by atoms with Gasteiger partial charge in [0, 0.05) is 13.2 Å². The number of nitrogens with one attached hydrogen (secondary N) is 1. The first-order chi connectivity index (χ1) is 8.71. The quantitative estimate of drug-likeness (QED) is 0.742. The first-order valence-corrected chi connectivity index (χ1v) is 6.23. The van der Waals surface area contributed by atoms with Crippen LogP contribution < -0.4 is 14.8 Å². The maximum Gasteiger partial charge on any atom is 0.161 e. The van der Waals surface area contributed by atoms with E-state index in [0.717, 1.165) is 36.6 Å². The molecule has 102 valence electrons. The highest BCUT2D eigenvalue weighted by Crippen LogP contribution is 2.27. The SMILES string of the molecule is COc1ccc(CNCC(C)CCO)cc1OC. The Balaban J connectivity index is 2.47. The van der Waals surface area contributed by atoms with E-state index in [0.29, 0.717) is 5.92 Å². The van der Waals surface area contributed by atoms with Gasteiger partial charge in [-0.1, -0.05) is 13.0 Å². The third-order valence-electron chi connectivity index (χ3n) is 2.89. The number of hydrogen-bond donors (Lipinski definition) is 2. The topological polar surface area (TPSA) is 50.7 Å². The van der Waals surface area contributed by atoms with Crippen molar-refractivity contribution in [1.29, 1.82) is 0 Å². The summed E-state index contributed by atoms with van der Waals surface area (Å²) in [6.45, 7) is 4.06. The fourth-order valence-electron chi connectivity index (χ4n) is 1.78. The van der Waals surface area contributed by atoms with E-state index in [4.69, 9.17) is 14.6 Å². The maximum absolute atomic E-state index is 8.82. The van der Waals surface area contributed by atoms with Crippen LogP contribution in [-0.4, -0.2) is 32.5 Å². The zero-order valence-corrected chi connectivity index (χ0v) is 11.4. The van der Waals surface area contributed by atoms with Crippen LogP contribution in [0.1, 0.15) is 18.9 Å². The summed E-state index contributed by atoms with van der Waals surface area (Å²) in [5, 5.41) is 12.2. The van der Waals surface area contributed by atoms with Gasteiger partial charge in [-0.2, -0.15) is 0 Å². The molecule has 0 fully saturated rings. The lowest BCUT2D eigenvalue weighted by Crippen LogP contribution is -2.21. The molecule has 1 unspecified atom stereocenters. The molecule has 0 bridgehead atoms. The first-order valence-electron chi connectivity index (χ1n) is 6.23. The fraction of sp³-hybridized carbons (Fsp3) is 0.571. The Morgan fingerprint density at radius 3 is 2.56 bits per heavy atom. The predicted octanol–water partition coefficient (Wildman–Crippen LogP) is 1.81. The van der Waals surface area contributed by atoms with Crippen molar-refractivity contribution in [2.24, 2.45) is 5.92 Å². The van der Waals surface area contributed by atoms with Crippen LogP contribution >= 0.6 is 0 Å². The lowest BCUT2D eigenvalue weighted by Gasteiger charge is -2.12. The van der Waals surface area contributed by atoms with Crippen LogP contribution in [0, 0.1) is 5.92 Å². The largest absolute Gasteiger partial charge is 0.493 e. The van der Waals surface area contributed by atoms with Crippen LogP contribution in [0.4, 0.5) is 0 Å². The van der Waals surface area contributed by atoms with E-state index in [2.05, 4.69) is 12.2 Å².